The second-order valence-electron chi connectivity index (χ2n) is 12.3. The molecule has 0 saturated carbocycles. The highest BCUT2D eigenvalue weighted by Gasteiger charge is 2.50. The Morgan fingerprint density at radius 1 is 0.714 bits per heavy atom. The van der Waals surface area contributed by atoms with Crippen LogP contribution < -0.4 is 0 Å². The fourth-order valence-electron chi connectivity index (χ4n) is 5.44. The van der Waals surface area contributed by atoms with Gasteiger partial charge in [0.05, 0.1) is 6.10 Å². The zero-order chi connectivity index (χ0) is 21.8. The molecular weight excluding hydrogens is 404 g/mol. The lowest BCUT2D eigenvalue weighted by Crippen LogP contribution is -2.61. The summed E-state index contributed by atoms with van der Waals surface area (Å²) in [4.78, 5) is 0. The molecule has 0 bridgehead atoms. The molecule has 1 N–H and O–H groups in total. The van der Waals surface area contributed by atoms with Gasteiger partial charge in [0, 0.05) is 50.2 Å². The minimum Gasteiger partial charge on any atom is -0.415 e. The van der Waals surface area contributed by atoms with E-state index in [1.54, 1.807) is 0 Å². The molecule has 2 saturated heterocycles. The van der Waals surface area contributed by atoms with Gasteiger partial charge in [0.1, 0.15) is 0 Å². The maximum absolute atomic E-state index is 10.3. The normalized spacial score (nSPS) is 29.1. The Labute approximate surface area is 183 Å². The highest BCUT2D eigenvalue weighted by atomic mass is 33.1. The monoisotopic (exact) mass is 448 g/mol. The van der Waals surface area contributed by atoms with Crippen LogP contribution in [0.2, 0.25) is 19.6 Å². The maximum atomic E-state index is 10.3. The average Bonchev–Trinajstić information content (AvgIpc) is 2.34. The molecule has 2 heterocycles. The van der Waals surface area contributed by atoms with Crippen molar-refractivity contribution in [2.24, 2.45) is 0 Å². The molecule has 0 spiro atoms. The van der Waals surface area contributed by atoms with E-state index >= 15 is 0 Å². The van der Waals surface area contributed by atoms with E-state index < -0.39 is 8.32 Å². The van der Waals surface area contributed by atoms with Crippen molar-refractivity contribution >= 4 is 30.3 Å². The third-order valence-electron chi connectivity index (χ3n) is 5.83. The van der Waals surface area contributed by atoms with Crippen molar-refractivity contribution < 1.29 is 9.53 Å². The third-order valence-corrected chi connectivity index (χ3v) is 10.3. The predicted molar refractivity (Wildman–Crippen MR) is 128 cm³/mol. The molecule has 0 aromatic carbocycles. The SMILES string of the molecule is CC1(C)CC(O)CC(C)(C)N1SSN1C(C)(C)CC(O[Si](C)(C)C)CC1(C)C. The maximum Gasteiger partial charge on any atom is 0.184 e. The molecule has 0 radical (unpaired) electrons. The molecule has 4 nitrogen and oxygen atoms in total. The number of hydrogen-bond acceptors (Lipinski definition) is 6. The van der Waals surface area contributed by atoms with Gasteiger partial charge in [-0.2, -0.15) is 0 Å². The van der Waals surface area contributed by atoms with Gasteiger partial charge in [-0.05, 0) is 101 Å². The topological polar surface area (TPSA) is 35.9 Å². The Balaban J connectivity index is 2.15. The van der Waals surface area contributed by atoms with E-state index in [1.165, 1.54) is 0 Å². The summed E-state index contributed by atoms with van der Waals surface area (Å²) < 4.78 is 11.7. The van der Waals surface area contributed by atoms with Crippen molar-refractivity contribution in [2.45, 2.75) is 135 Å². The van der Waals surface area contributed by atoms with Crippen LogP contribution in [0.3, 0.4) is 0 Å². The Morgan fingerprint density at radius 3 is 1.36 bits per heavy atom. The van der Waals surface area contributed by atoms with Crippen molar-refractivity contribution in [3.63, 3.8) is 0 Å². The summed E-state index contributed by atoms with van der Waals surface area (Å²) in [6.45, 7) is 25.3. The molecule has 166 valence electrons. The van der Waals surface area contributed by atoms with Gasteiger partial charge in [0.25, 0.3) is 0 Å². The molecule has 2 rings (SSSR count). The first kappa shape index (κ1) is 25.0. The number of aliphatic hydroxyl groups excluding tert-OH is 1. The summed E-state index contributed by atoms with van der Waals surface area (Å²) in [5.74, 6) is 0. The molecular formula is C21H44N2O2S2Si. The number of nitrogens with zero attached hydrogens (tertiary/aromatic N) is 2. The van der Waals surface area contributed by atoms with Crippen LogP contribution in [-0.4, -0.2) is 56.4 Å². The predicted octanol–water partition coefficient (Wildman–Crippen LogP) is 6.08. The van der Waals surface area contributed by atoms with Gasteiger partial charge in [0.2, 0.25) is 0 Å². The van der Waals surface area contributed by atoms with Gasteiger partial charge in [-0.25, -0.2) is 8.61 Å². The van der Waals surface area contributed by atoms with E-state index in [1.807, 2.05) is 22.0 Å². The third kappa shape index (κ3) is 5.92. The fourth-order valence-corrected chi connectivity index (χ4v) is 10.7. The minimum absolute atomic E-state index is 0.0353. The van der Waals surface area contributed by atoms with Gasteiger partial charge in [-0.1, -0.05) is 0 Å². The summed E-state index contributed by atoms with van der Waals surface area (Å²) in [6, 6.07) is 0. The number of piperidine rings is 2. The van der Waals surface area contributed by atoms with E-state index in [0.29, 0.717) is 6.10 Å². The van der Waals surface area contributed by atoms with Gasteiger partial charge in [-0.15, -0.1) is 0 Å². The Kier molecular flexibility index (Phi) is 7.17. The summed E-state index contributed by atoms with van der Waals surface area (Å²) in [5.41, 5.74) is 0.0550. The lowest BCUT2D eigenvalue weighted by molar-refractivity contribution is -0.0205. The Morgan fingerprint density at radius 2 is 1.04 bits per heavy atom. The molecule has 0 aromatic rings. The lowest BCUT2D eigenvalue weighted by atomic mass is 9.81. The van der Waals surface area contributed by atoms with Crippen molar-refractivity contribution in [1.82, 2.24) is 8.61 Å². The van der Waals surface area contributed by atoms with Gasteiger partial charge in [0.15, 0.2) is 8.32 Å². The van der Waals surface area contributed by atoms with Crippen LogP contribution in [0.4, 0.5) is 0 Å². The second kappa shape index (κ2) is 8.03. The van der Waals surface area contributed by atoms with E-state index in [9.17, 15) is 5.11 Å². The van der Waals surface area contributed by atoms with Crippen molar-refractivity contribution in [3.8, 4) is 0 Å². The molecule has 0 atom stereocenters. The van der Waals surface area contributed by atoms with E-state index in [-0.39, 0.29) is 28.3 Å². The van der Waals surface area contributed by atoms with Gasteiger partial charge >= 0.3 is 0 Å². The lowest BCUT2D eigenvalue weighted by Gasteiger charge is -2.57. The number of hydrogen-bond donors (Lipinski definition) is 1. The zero-order valence-corrected chi connectivity index (χ0v) is 22.7. The molecule has 0 amide bonds. The first-order valence-corrected chi connectivity index (χ1v) is 16.1. The van der Waals surface area contributed by atoms with E-state index in [0.717, 1.165) is 25.7 Å². The van der Waals surface area contributed by atoms with Crippen LogP contribution in [-0.2, 0) is 4.43 Å². The quantitative estimate of drug-likeness (QED) is 0.312. The average molecular weight is 449 g/mol. The van der Waals surface area contributed by atoms with Gasteiger partial charge < -0.3 is 9.53 Å². The van der Waals surface area contributed by atoms with Crippen LogP contribution in [0.5, 0.6) is 0 Å². The van der Waals surface area contributed by atoms with Crippen LogP contribution in [0.15, 0.2) is 0 Å². The summed E-state index contributed by atoms with van der Waals surface area (Å²) in [5, 5.41) is 10.3. The molecule has 2 aliphatic heterocycles. The van der Waals surface area contributed by atoms with E-state index in [2.05, 4.69) is 83.6 Å². The fraction of sp³-hybridized carbons (Fsp3) is 1.00. The molecule has 28 heavy (non-hydrogen) atoms. The van der Waals surface area contributed by atoms with Crippen LogP contribution in [0.25, 0.3) is 0 Å². The molecule has 2 aliphatic rings. The highest BCUT2D eigenvalue weighted by molar-refractivity contribution is 8.74. The Hall–Kier alpha value is 0.757. The minimum atomic E-state index is -1.54. The number of rotatable bonds is 5. The molecule has 0 aliphatic carbocycles. The second-order valence-corrected chi connectivity index (χ2v) is 18.7. The Bertz CT molecular complexity index is 525. The highest BCUT2D eigenvalue weighted by Crippen LogP contribution is 2.53. The molecule has 0 unspecified atom stereocenters. The largest absolute Gasteiger partial charge is 0.415 e. The van der Waals surface area contributed by atoms with Crippen molar-refractivity contribution in [3.05, 3.63) is 0 Å². The van der Waals surface area contributed by atoms with Gasteiger partial charge in [-0.3, -0.25) is 0 Å². The summed E-state index contributed by atoms with van der Waals surface area (Å²) in [7, 11) is 2.22. The van der Waals surface area contributed by atoms with Crippen LogP contribution in [0, 0.1) is 0 Å². The zero-order valence-electron chi connectivity index (χ0n) is 20.0. The standard InChI is InChI=1S/C21H44N2O2S2Si/c1-18(2)12-16(24)13-19(3,4)22(18)26-27-23-20(5,6)14-17(15-21(23,7)8)25-28(9,10)11/h16-17,24H,12-15H2,1-11H3. The van der Waals surface area contributed by atoms with Crippen molar-refractivity contribution in [1.29, 1.82) is 0 Å². The smallest absolute Gasteiger partial charge is 0.184 e. The number of aliphatic hydroxyl groups is 1. The summed E-state index contributed by atoms with van der Waals surface area (Å²) in [6.07, 6.45) is 3.91. The van der Waals surface area contributed by atoms with Crippen molar-refractivity contribution in [2.75, 3.05) is 0 Å². The van der Waals surface area contributed by atoms with E-state index in [4.69, 9.17) is 4.43 Å². The van der Waals surface area contributed by atoms with Crippen LogP contribution >= 0.6 is 22.0 Å². The molecule has 2 fully saturated rings. The molecule has 0 aromatic heterocycles. The van der Waals surface area contributed by atoms with Crippen LogP contribution in [0.1, 0.15) is 81.1 Å². The summed E-state index contributed by atoms with van der Waals surface area (Å²) >= 11 is 0. The molecule has 7 heteroatoms. The first-order chi connectivity index (χ1) is 12.4. The first-order valence-electron chi connectivity index (χ1n) is 10.7.